The van der Waals surface area contributed by atoms with Crippen LogP contribution in [-0.2, 0) is 27.1 Å². The van der Waals surface area contributed by atoms with Gasteiger partial charge in [-0.25, -0.2) is 4.98 Å². The number of amides is 1. The highest BCUT2D eigenvalue weighted by Gasteiger charge is 2.46. The number of pyridine rings is 1. The predicted octanol–water partition coefficient (Wildman–Crippen LogP) is 3.69. The lowest BCUT2D eigenvalue weighted by Crippen LogP contribution is -2.53. The molecule has 2 aromatic rings. The van der Waals surface area contributed by atoms with Crippen molar-refractivity contribution in [3.63, 3.8) is 0 Å². The van der Waals surface area contributed by atoms with E-state index in [1.54, 1.807) is 0 Å². The third kappa shape index (κ3) is 7.41. The average Bonchev–Trinajstić information content (AvgIpc) is 2.90. The zero-order valence-electron chi connectivity index (χ0n) is 24.3. The molecule has 40 heavy (non-hydrogen) atoms. The maximum atomic E-state index is 12.8. The van der Waals surface area contributed by atoms with E-state index >= 15 is 0 Å². The van der Waals surface area contributed by atoms with E-state index in [4.69, 9.17) is 25.6 Å². The predicted molar refractivity (Wildman–Crippen MR) is 154 cm³/mol. The molecule has 1 aliphatic carbocycles. The number of aromatic nitrogens is 1. The summed E-state index contributed by atoms with van der Waals surface area (Å²) in [5.41, 5.74) is 3.76. The van der Waals surface area contributed by atoms with Crippen LogP contribution in [0.15, 0.2) is 36.5 Å². The van der Waals surface area contributed by atoms with Gasteiger partial charge in [0.1, 0.15) is 5.60 Å². The quantitative estimate of drug-likeness (QED) is 0.290. The average molecular weight is 550 g/mol. The molecule has 4 rings (SSSR count). The first-order valence-electron chi connectivity index (χ1n) is 14.1. The van der Waals surface area contributed by atoms with Crippen molar-refractivity contribution >= 4 is 5.91 Å². The first-order chi connectivity index (χ1) is 19.0. The first kappa shape index (κ1) is 30.0. The molecule has 1 unspecified atom stereocenters. The Morgan fingerprint density at radius 2 is 2.00 bits per heavy atom. The molecule has 3 atom stereocenters. The van der Waals surface area contributed by atoms with Gasteiger partial charge >= 0.3 is 0 Å². The van der Waals surface area contributed by atoms with Crippen LogP contribution < -0.4 is 15.4 Å². The minimum Gasteiger partial charge on any atom is -0.471 e. The van der Waals surface area contributed by atoms with Crippen LogP contribution in [0, 0.1) is 17.8 Å². The van der Waals surface area contributed by atoms with Crippen molar-refractivity contribution in [2.24, 2.45) is 5.41 Å². The Kier molecular flexibility index (Phi) is 9.52. The number of carbonyl (C=O) groups is 1. The molecule has 0 saturated heterocycles. The highest BCUT2D eigenvalue weighted by atomic mass is 16.7. The van der Waals surface area contributed by atoms with E-state index < -0.39 is 24.3 Å². The zero-order valence-corrected chi connectivity index (χ0v) is 24.3. The molecular weight excluding hydrogens is 506 g/mol. The van der Waals surface area contributed by atoms with E-state index in [2.05, 4.69) is 43.4 Å². The fourth-order valence-corrected chi connectivity index (χ4v) is 5.64. The first-order valence-corrected chi connectivity index (χ1v) is 14.1. The fraction of sp³-hybridized carbons (Fsp3) is 0.562. The minimum atomic E-state index is -1.08. The number of rotatable bonds is 11. The van der Waals surface area contributed by atoms with Crippen molar-refractivity contribution in [2.75, 3.05) is 20.8 Å². The normalized spacial score (nSPS) is 19.2. The number of nitrogens with one attached hydrogen (secondary N) is 2. The monoisotopic (exact) mass is 549 g/mol. The summed E-state index contributed by atoms with van der Waals surface area (Å²) in [5.74, 6) is 2.86. The van der Waals surface area contributed by atoms with E-state index in [-0.39, 0.29) is 23.6 Å². The summed E-state index contributed by atoms with van der Waals surface area (Å²) < 4.78 is 16.7. The van der Waals surface area contributed by atoms with Gasteiger partial charge in [-0.05, 0) is 66.8 Å². The molecule has 1 spiro atoms. The van der Waals surface area contributed by atoms with E-state index in [1.807, 2.05) is 30.5 Å². The van der Waals surface area contributed by atoms with Crippen molar-refractivity contribution < 1.29 is 24.1 Å². The third-order valence-corrected chi connectivity index (χ3v) is 7.76. The summed E-state index contributed by atoms with van der Waals surface area (Å²) in [4.78, 5) is 17.6. The van der Waals surface area contributed by atoms with E-state index in [0.29, 0.717) is 12.3 Å². The number of carbonyl (C=O) groups excluding carboxylic acids is 1. The SMILES string of the molecule is C#Cc1cccc(CC(NC(=O)C(OC)OC)[C@H](O)CN[C@H]2CC3(CCC3)Oc3ncc(CC(C)(C)C)cc32)c1. The van der Waals surface area contributed by atoms with Crippen molar-refractivity contribution in [3.05, 3.63) is 58.8 Å². The Balaban J connectivity index is 1.53. The molecule has 3 N–H and O–H groups in total. The number of terminal acetylenes is 1. The van der Waals surface area contributed by atoms with Crippen LogP contribution in [0.2, 0.25) is 0 Å². The topological polar surface area (TPSA) is 102 Å². The number of hydrogen-bond acceptors (Lipinski definition) is 7. The highest BCUT2D eigenvalue weighted by Crippen LogP contribution is 2.48. The molecule has 8 nitrogen and oxygen atoms in total. The summed E-state index contributed by atoms with van der Waals surface area (Å²) in [6.45, 7) is 6.89. The molecule has 1 fully saturated rings. The van der Waals surface area contributed by atoms with Gasteiger partial charge in [0.15, 0.2) is 0 Å². The third-order valence-electron chi connectivity index (χ3n) is 7.76. The Morgan fingerprint density at radius 1 is 1.25 bits per heavy atom. The van der Waals surface area contributed by atoms with Crippen molar-refractivity contribution in [1.29, 1.82) is 0 Å². The Labute approximate surface area is 238 Å². The lowest BCUT2D eigenvalue weighted by atomic mass is 9.73. The van der Waals surface area contributed by atoms with Gasteiger partial charge in [0, 0.05) is 50.6 Å². The molecule has 216 valence electrons. The molecule has 2 aliphatic rings. The fourth-order valence-electron chi connectivity index (χ4n) is 5.64. The van der Waals surface area contributed by atoms with Crippen LogP contribution in [0.25, 0.3) is 0 Å². The van der Waals surface area contributed by atoms with E-state index in [1.165, 1.54) is 14.2 Å². The van der Waals surface area contributed by atoms with Gasteiger partial charge in [0.05, 0.1) is 12.1 Å². The second-order valence-corrected chi connectivity index (χ2v) is 12.3. The molecule has 1 aliphatic heterocycles. The minimum absolute atomic E-state index is 0.0297. The molecule has 2 heterocycles. The van der Waals surface area contributed by atoms with Gasteiger partial charge < -0.3 is 30.0 Å². The Bertz CT molecular complexity index is 1210. The molecule has 1 amide bonds. The zero-order chi connectivity index (χ0) is 28.9. The number of aliphatic hydroxyl groups is 1. The largest absolute Gasteiger partial charge is 0.471 e. The van der Waals surface area contributed by atoms with Gasteiger partial charge in [-0.1, -0.05) is 38.8 Å². The summed E-state index contributed by atoms with van der Waals surface area (Å²) in [6, 6.07) is 9.10. The molecule has 8 heteroatoms. The van der Waals surface area contributed by atoms with Crippen molar-refractivity contribution in [2.45, 2.75) is 89.4 Å². The van der Waals surface area contributed by atoms with Crippen LogP contribution in [0.3, 0.4) is 0 Å². The lowest BCUT2D eigenvalue weighted by Gasteiger charge is -2.47. The Morgan fingerprint density at radius 3 is 2.62 bits per heavy atom. The summed E-state index contributed by atoms with van der Waals surface area (Å²) in [5, 5.41) is 17.9. The number of methoxy groups -OCH3 is 2. The summed E-state index contributed by atoms with van der Waals surface area (Å²) in [7, 11) is 2.80. The van der Waals surface area contributed by atoms with Crippen molar-refractivity contribution in [1.82, 2.24) is 15.6 Å². The molecule has 1 aromatic carbocycles. The van der Waals surface area contributed by atoms with Crippen LogP contribution in [0.4, 0.5) is 0 Å². The van der Waals surface area contributed by atoms with Gasteiger partial charge in [-0.2, -0.15) is 0 Å². The van der Waals surface area contributed by atoms with Crippen molar-refractivity contribution in [3.8, 4) is 18.2 Å². The number of fused-ring (bicyclic) bond motifs is 1. The maximum absolute atomic E-state index is 12.8. The van der Waals surface area contributed by atoms with Crippen LogP contribution in [-0.4, -0.2) is 60.8 Å². The molecule has 1 saturated carbocycles. The van der Waals surface area contributed by atoms with Crippen LogP contribution >= 0.6 is 0 Å². The number of ether oxygens (including phenoxy) is 3. The molecule has 0 bridgehead atoms. The second-order valence-electron chi connectivity index (χ2n) is 12.3. The standard InChI is InChI=1S/C32H43N3O5/c1-7-21-10-8-11-22(14-21)16-25(35-28(37)30(38-5)39-6)27(36)20-33-26-18-32(12-9-13-32)40-29-24(26)15-23(19-34-29)17-31(2,3)4/h1,8,10-11,14-15,19,25-27,30,33,36H,9,12-13,16-18,20H2,2-6H3,(H,35,37)/t25?,26-,27+/m0/s1. The smallest absolute Gasteiger partial charge is 0.277 e. The molecule has 1 aromatic heterocycles. The highest BCUT2D eigenvalue weighted by molar-refractivity contribution is 5.79. The second kappa shape index (κ2) is 12.7. The van der Waals surface area contributed by atoms with Crippen LogP contribution in [0.5, 0.6) is 5.88 Å². The lowest BCUT2D eigenvalue weighted by molar-refractivity contribution is -0.160. The number of hydrogen-bond donors (Lipinski definition) is 3. The van der Waals surface area contributed by atoms with Gasteiger partial charge in [-0.3, -0.25) is 4.79 Å². The Hall–Kier alpha value is -2.96. The molecule has 0 radical (unpaired) electrons. The van der Waals surface area contributed by atoms with Gasteiger partial charge in [-0.15, -0.1) is 6.42 Å². The van der Waals surface area contributed by atoms with Crippen LogP contribution in [0.1, 0.15) is 74.8 Å². The number of nitrogens with zero attached hydrogens (tertiary/aromatic N) is 1. The maximum Gasteiger partial charge on any atom is 0.277 e. The number of aliphatic hydroxyl groups excluding tert-OH is 1. The summed E-state index contributed by atoms with van der Waals surface area (Å²) >= 11 is 0. The summed E-state index contributed by atoms with van der Waals surface area (Å²) in [6.07, 6.45) is 10.8. The van der Waals surface area contributed by atoms with Gasteiger partial charge in [0.25, 0.3) is 5.91 Å². The van der Waals surface area contributed by atoms with E-state index in [0.717, 1.165) is 54.4 Å². The number of benzene rings is 1. The van der Waals surface area contributed by atoms with Gasteiger partial charge in [0.2, 0.25) is 12.2 Å². The van der Waals surface area contributed by atoms with E-state index in [9.17, 15) is 9.90 Å². The molecular formula is C32H43N3O5.